The average Bonchev–Trinajstić information content (AvgIpc) is 2.25. The van der Waals surface area contributed by atoms with Gasteiger partial charge < -0.3 is 10.6 Å². The molecule has 0 heterocycles. The van der Waals surface area contributed by atoms with Crippen LogP contribution in [0.1, 0.15) is 12.0 Å². The number of para-hydroxylation sites is 1. The third-order valence-corrected chi connectivity index (χ3v) is 1.97. The standard InChI is InChI=1S/C11H15N3/c1-13-7-4-8-14-11-6-3-2-5-10(11)9-12/h2-3,5-6,13-14H,4,7-8H2,1H3. The summed E-state index contributed by atoms with van der Waals surface area (Å²) in [6.07, 6.45) is 1.05. The summed E-state index contributed by atoms with van der Waals surface area (Å²) < 4.78 is 0. The van der Waals surface area contributed by atoms with Gasteiger partial charge in [0.25, 0.3) is 0 Å². The molecule has 0 aliphatic rings. The Kier molecular flexibility index (Phi) is 4.53. The molecule has 1 rings (SSSR count). The first-order valence-corrected chi connectivity index (χ1v) is 4.76. The van der Waals surface area contributed by atoms with Crippen LogP contribution >= 0.6 is 0 Å². The van der Waals surface area contributed by atoms with E-state index in [1.54, 1.807) is 0 Å². The van der Waals surface area contributed by atoms with Gasteiger partial charge in [0.2, 0.25) is 0 Å². The highest BCUT2D eigenvalue weighted by atomic mass is 14.9. The monoisotopic (exact) mass is 189 g/mol. The van der Waals surface area contributed by atoms with Crippen LogP contribution in [0.3, 0.4) is 0 Å². The summed E-state index contributed by atoms with van der Waals surface area (Å²) in [7, 11) is 1.93. The Morgan fingerprint density at radius 2 is 2.07 bits per heavy atom. The predicted octanol–water partition coefficient (Wildman–Crippen LogP) is 1.58. The Labute approximate surface area is 84.7 Å². The zero-order chi connectivity index (χ0) is 10.2. The molecule has 1 aromatic rings. The average molecular weight is 189 g/mol. The lowest BCUT2D eigenvalue weighted by molar-refractivity contribution is 0.748. The van der Waals surface area contributed by atoms with Crippen LogP contribution in [-0.2, 0) is 0 Å². The minimum atomic E-state index is 0.706. The third-order valence-electron chi connectivity index (χ3n) is 1.97. The molecule has 0 amide bonds. The highest BCUT2D eigenvalue weighted by molar-refractivity contribution is 5.56. The van der Waals surface area contributed by atoms with Gasteiger partial charge in [-0.05, 0) is 32.1 Å². The summed E-state index contributed by atoms with van der Waals surface area (Å²) in [4.78, 5) is 0. The number of hydrogen-bond acceptors (Lipinski definition) is 3. The van der Waals surface area contributed by atoms with Crippen molar-refractivity contribution in [2.75, 3.05) is 25.5 Å². The van der Waals surface area contributed by atoms with Gasteiger partial charge in [-0.2, -0.15) is 5.26 Å². The number of rotatable bonds is 5. The van der Waals surface area contributed by atoms with Crippen LogP contribution in [0.4, 0.5) is 5.69 Å². The molecule has 2 N–H and O–H groups in total. The van der Waals surface area contributed by atoms with E-state index in [2.05, 4.69) is 16.7 Å². The van der Waals surface area contributed by atoms with Crippen molar-refractivity contribution in [2.24, 2.45) is 0 Å². The van der Waals surface area contributed by atoms with Gasteiger partial charge in [0.15, 0.2) is 0 Å². The van der Waals surface area contributed by atoms with Gasteiger partial charge in [-0.15, -0.1) is 0 Å². The number of anilines is 1. The Morgan fingerprint density at radius 3 is 2.79 bits per heavy atom. The molecular weight excluding hydrogens is 174 g/mol. The van der Waals surface area contributed by atoms with Gasteiger partial charge in [0.05, 0.1) is 11.3 Å². The largest absolute Gasteiger partial charge is 0.384 e. The number of nitrogens with one attached hydrogen (secondary N) is 2. The number of nitrogens with zero attached hydrogens (tertiary/aromatic N) is 1. The Hall–Kier alpha value is -1.53. The maximum Gasteiger partial charge on any atom is 0.101 e. The van der Waals surface area contributed by atoms with E-state index < -0.39 is 0 Å². The van der Waals surface area contributed by atoms with Crippen molar-refractivity contribution in [1.82, 2.24) is 5.32 Å². The minimum absolute atomic E-state index is 0.706. The van der Waals surface area contributed by atoms with E-state index in [1.165, 1.54) is 0 Å². The maximum absolute atomic E-state index is 8.82. The SMILES string of the molecule is CNCCCNc1ccccc1C#N. The van der Waals surface area contributed by atoms with E-state index in [1.807, 2.05) is 31.3 Å². The zero-order valence-electron chi connectivity index (χ0n) is 8.38. The van der Waals surface area contributed by atoms with Gasteiger partial charge >= 0.3 is 0 Å². The van der Waals surface area contributed by atoms with Gasteiger partial charge in [-0.3, -0.25) is 0 Å². The molecule has 1 aromatic carbocycles. The normalized spacial score (nSPS) is 9.43. The highest BCUT2D eigenvalue weighted by Gasteiger charge is 1.97. The van der Waals surface area contributed by atoms with Gasteiger partial charge in [-0.25, -0.2) is 0 Å². The van der Waals surface area contributed by atoms with E-state index in [0.717, 1.165) is 25.2 Å². The van der Waals surface area contributed by atoms with E-state index in [-0.39, 0.29) is 0 Å². The van der Waals surface area contributed by atoms with E-state index >= 15 is 0 Å². The summed E-state index contributed by atoms with van der Waals surface area (Å²) in [6, 6.07) is 9.71. The van der Waals surface area contributed by atoms with Crippen molar-refractivity contribution in [2.45, 2.75) is 6.42 Å². The topological polar surface area (TPSA) is 47.8 Å². The summed E-state index contributed by atoms with van der Waals surface area (Å²) in [5.74, 6) is 0. The summed E-state index contributed by atoms with van der Waals surface area (Å²) in [6.45, 7) is 1.88. The summed E-state index contributed by atoms with van der Waals surface area (Å²) in [5, 5.41) is 15.1. The quantitative estimate of drug-likeness (QED) is 0.691. The molecule has 0 saturated heterocycles. The molecule has 14 heavy (non-hydrogen) atoms. The molecule has 3 heteroatoms. The molecule has 0 fully saturated rings. The fraction of sp³-hybridized carbons (Fsp3) is 0.364. The van der Waals surface area contributed by atoms with Crippen LogP contribution in [-0.4, -0.2) is 20.1 Å². The first kappa shape index (κ1) is 10.6. The Balaban J connectivity index is 2.46. The fourth-order valence-electron chi connectivity index (χ4n) is 1.22. The number of nitriles is 1. The van der Waals surface area contributed by atoms with Crippen LogP contribution in [0.2, 0.25) is 0 Å². The molecule has 3 nitrogen and oxygen atoms in total. The van der Waals surface area contributed by atoms with E-state index in [4.69, 9.17) is 5.26 Å². The van der Waals surface area contributed by atoms with Crippen LogP contribution in [0, 0.1) is 11.3 Å². The smallest absolute Gasteiger partial charge is 0.101 e. The van der Waals surface area contributed by atoms with Gasteiger partial charge in [-0.1, -0.05) is 12.1 Å². The molecule has 0 spiro atoms. The molecule has 0 aromatic heterocycles. The molecule has 0 aliphatic carbocycles. The van der Waals surface area contributed by atoms with Crippen molar-refractivity contribution in [3.8, 4) is 6.07 Å². The first-order chi connectivity index (χ1) is 6.88. The molecule has 0 radical (unpaired) electrons. The molecule has 74 valence electrons. The molecule has 0 aliphatic heterocycles. The predicted molar refractivity (Wildman–Crippen MR) is 58.2 cm³/mol. The highest BCUT2D eigenvalue weighted by Crippen LogP contribution is 2.12. The zero-order valence-corrected chi connectivity index (χ0v) is 8.38. The molecule has 0 unspecified atom stereocenters. The molecular formula is C11H15N3. The second kappa shape index (κ2) is 6.01. The third kappa shape index (κ3) is 3.08. The molecule has 0 atom stereocenters. The van der Waals surface area contributed by atoms with Crippen molar-refractivity contribution < 1.29 is 0 Å². The fourth-order valence-corrected chi connectivity index (χ4v) is 1.22. The van der Waals surface area contributed by atoms with Crippen LogP contribution in [0.5, 0.6) is 0 Å². The minimum Gasteiger partial charge on any atom is -0.384 e. The molecule has 0 saturated carbocycles. The lowest BCUT2D eigenvalue weighted by Crippen LogP contribution is -2.13. The van der Waals surface area contributed by atoms with Crippen molar-refractivity contribution in [3.05, 3.63) is 29.8 Å². The van der Waals surface area contributed by atoms with Crippen molar-refractivity contribution in [3.63, 3.8) is 0 Å². The van der Waals surface area contributed by atoms with Crippen LogP contribution < -0.4 is 10.6 Å². The lowest BCUT2D eigenvalue weighted by atomic mass is 10.2. The number of hydrogen-bond donors (Lipinski definition) is 2. The maximum atomic E-state index is 8.82. The van der Waals surface area contributed by atoms with E-state index in [9.17, 15) is 0 Å². The first-order valence-electron chi connectivity index (χ1n) is 4.76. The molecule has 0 bridgehead atoms. The number of benzene rings is 1. The van der Waals surface area contributed by atoms with Gasteiger partial charge in [0.1, 0.15) is 6.07 Å². The summed E-state index contributed by atoms with van der Waals surface area (Å²) in [5.41, 5.74) is 1.63. The van der Waals surface area contributed by atoms with Crippen molar-refractivity contribution in [1.29, 1.82) is 5.26 Å². The van der Waals surface area contributed by atoms with Gasteiger partial charge in [0, 0.05) is 6.54 Å². The van der Waals surface area contributed by atoms with Crippen LogP contribution in [0.15, 0.2) is 24.3 Å². The van der Waals surface area contributed by atoms with Crippen molar-refractivity contribution >= 4 is 5.69 Å². The summed E-state index contributed by atoms with van der Waals surface area (Å²) >= 11 is 0. The van der Waals surface area contributed by atoms with E-state index in [0.29, 0.717) is 5.56 Å². The Bertz CT molecular complexity index is 315. The lowest BCUT2D eigenvalue weighted by Gasteiger charge is -2.07. The Morgan fingerprint density at radius 1 is 1.29 bits per heavy atom. The van der Waals surface area contributed by atoms with Crippen LogP contribution in [0.25, 0.3) is 0 Å². The second-order valence-electron chi connectivity index (χ2n) is 3.04. The second-order valence-corrected chi connectivity index (χ2v) is 3.04.